The minimum Gasteiger partial charge on any atom is -0.293 e. The lowest BCUT2D eigenvalue weighted by Gasteiger charge is -2.01. The Morgan fingerprint density at radius 3 is 2.81 bits per heavy atom. The third kappa shape index (κ3) is 2.57. The molecule has 0 aliphatic rings. The molecule has 0 unspecified atom stereocenters. The van der Waals surface area contributed by atoms with Crippen LogP contribution >= 0.6 is 27.3 Å². The Balaban J connectivity index is 2.17. The molecule has 0 radical (unpaired) electrons. The minimum absolute atomic E-state index is 0.123. The van der Waals surface area contributed by atoms with E-state index < -0.39 is 0 Å². The number of rotatable bonds is 3. The molecule has 0 fully saturated rings. The number of benzene rings is 1. The number of ketones is 1. The van der Waals surface area contributed by atoms with Gasteiger partial charge in [-0.25, -0.2) is 4.98 Å². The van der Waals surface area contributed by atoms with Crippen molar-refractivity contribution in [1.82, 2.24) is 4.98 Å². The molecule has 0 aliphatic carbocycles. The van der Waals surface area contributed by atoms with Gasteiger partial charge in [-0.15, -0.1) is 11.3 Å². The molecule has 0 aliphatic heterocycles. The average Bonchev–Trinajstić information content (AvgIpc) is 2.68. The van der Waals surface area contributed by atoms with Crippen molar-refractivity contribution in [2.45, 2.75) is 13.3 Å². The van der Waals surface area contributed by atoms with E-state index in [1.807, 2.05) is 31.2 Å². The Labute approximate surface area is 106 Å². The summed E-state index contributed by atoms with van der Waals surface area (Å²) in [7, 11) is 0. The number of carbonyl (C=O) groups excluding carboxylic acids is 1. The number of carbonyl (C=O) groups is 1. The number of Topliss-reactive ketones (excluding diaryl/α,β-unsaturated/α-hetero) is 1. The zero-order valence-electron chi connectivity index (χ0n) is 8.74. The zero-order valence-corrected chi connectivity index (χ0v) is 11.1. The summed E-state index contributed by atoms with van der Waals surface area (Å²) in [5.41, 5.74) is 1.01. The highest BCUT2D eigenvalue weighted by molar-refractivity contribution is 9.10. The van der Waals surface area contributed by atoms with E-state index in [2.05, 4.69) is 20.9 Å². The summed E-state index contributed by atoms with van der Waals surface area (Å²) < 4.78 is 0.976. The van der Waals surface area contributed by atoms with Gasteiger partial charge in [-0.05, 0) is 18.6 Å². The number of hydrogen-bond donors (Lipinski definition) is 0. The molecule has 0 saturated heterocycles. The van der Waals surface area contributed by atoms with Gasteiger partial charge in [0.15, 0.2) is 5.78 Å². The monoisotopic (exact) mass is 295 g/mol. The van der Waals surface area contributed by atoms with E-state index in [1.54, 1.807) is 6.20 Å². The number of aryl methyl sites for hydroxylation is 1. The molecule has 1 aromatic heterocycles. The van der Waals surface area contributed by atoms with Gasteiger partial charge in [0.05, 0.1) is 9.88 Å². The summed E-state index contributed by atoms with van der Waals surface area (Å²) in [6.07, 6.45) is 2.07. The molecule has 0 amide bonds. The normalized spacial score (nSPS) is 10.4. The molecular weight excluding hydrogens is 286 g/mol. The molecule has 2 nitrogen and oxygen atoms in total. The van der Waals surface area contributed by atoms with Gasteiger partial charge in [0, 0.05) is 17.1 Å². The first-order chi connectivity index (χ1) is 7.66. The molecule has 16 heavy (non-hydrogen) atoms. The first-order valence-corrected chi connectivity index (χ1v) is 6.47. The standard InChI is InChI=1S/C12H10BrNOS/c1-8-14-7-12(16-8)11(15)6-9-4-2-3-5-10(9)13/h2-5,7H,6H2,1H3. The van der Waals surface area contributed by atoms with Gasteiger partial charge in [0.2, 0.25) is 0 Å². The molecular formula is C12H10BrNOS. The number of thiazole rings is 1. The van der Waals surface area contributed by atoms with Crippen LogP contribution < -0.4 is 0 Å². The second-order valence-electron chi connectivity index (χ2n) is 3.43. The summed E-state index contributed by atoms with van der Waals surface area (Å²) in [4.78, 5) is 16.7. The van der Waals surface area contributed by atoms with Gasteiger partial charge < -0.3 is 0 Å². The lowest BCUT2D eigenvalue weighted by Crippen LogP contribution is -2.01. The first-order valence-electron chi connectivity index (χ1n) is 4.86. The van der Waals surface area contributed by atoms with E-state index in [4.69, 9.17) is 0 Å². The molecule has 1 heterocycles. The summed E-state index contributed by atoms with van der Waals surface area (Å²) in [5, 5.41) is 0.926. The van der Waals surface area contributed by atoms with Crippen LogP contribution in [0.2, 0.25) is 0 Å². The average molecular weight is 296 g/mol. The van der Waals surface area contributed by atoms with Crippen LogP contribution in [0.5, 0.6) is 0 Å². The van der Waals surface area contributed by atoms with E-state index in [0.29, 0.717) is 6.42 Å². The largest absolute Gasteiger partial charge is 0.293 e. The van der Waals surface area contributed by atoms with E-state index in [-0.39, 0.29) is 5.78 Å². The van der Waals surface area contributed by atoms with Gasteiger partial charge in [-0.2, -0.15) is 0 Å². The summed E-state index contributed by atoms with van der Waals surface area (Å²) in [6, 6.07) is 7.77. The van der Waals surface area contributed by atoms with Crippen molar-refractivity contribution in [3.05, 3.63) is 50.4 Å². The van der Waals surface area contributed by atoms with E-state index in [9.17, 15) is 4.79 Å². The van der Waals surface area contributed by atoms with E-state index in [1.165, 1.54) is 11.3 Å². The van der Waals surface area contributed by atoms with Crippen LogP contribution in [0.4, 0.5) is 0 Å². The summed E-state index contributed by atoms with van der Waals surface area (Å²) in [6.45, 7) is 1.90. The van der Waals surface area contributed by atoms with Crippen LogP contribution in [-0.2, 0) is 6.42 Å². The highest BCUT2D eigenvalue weighted by Crippen LogP contribution is 2.20. The topological polar surface area (TPSA) is 30.0 Å². The first kappa shape index (κ1) is 11.5. The van der Waals surface area contributed by atoms with Crippen LogP contribution in [0, 0.1) is 6.92 Å². The van der Waals surface area contributed by atoms with Crippen molar-refractivity contribution in [1.29, 1.82) is 0 Å². The van der Waals surface area contributed by atoms with Gasteiger partial charge in [0.25, 0.3) is 0 Å². The van der Waals surface area contributed by atoms with Crippen LogP contribution in [-0.4, -0.2) is 10.8 Å². The van der Waals surface area contributed by atoms with Crippen LogP contribution in [0.15, 0.2) is 34.9 Å². The van der Waals surface area contributed by atoms with Crippen LogP contribution in [0.1, 0.15) is 20.2 Å². The van der Waals surface area contributed by atoms with Gasteiger partial charge in [-0.3, -0.25) is 4.79 Å². The second kappa shape index (κ2) is 4.89. The number of aromatic nitrogens is 1. The molecule has 2 aromatic rings. The van der Waals surface area contributed by atoms with Gasteiger partial charge in [0.1, 0.15) is 0 Å². The molecule has 0 spiro atoms. The number of hydrogen-bond acceptors (Lipinski definition) is 3. The molecule has 0 atom stereocenters. The summed E-state index contributed by atoms with van der Waals surface area (Å²) >= 11 is 4.88. The van der Waals surface area contributed by atoms with Crippen molar-refractivity contribution in [2.24, 2.45) is 0 Å². The Kier molecular flexibility index (Phi) is 3.51. The molecule has 0 bridgehead atoms. The summed E-state index contributed by atoms with van der Waals surface area (Å²) in [5.74, 6) is 0.123. The Bertz CT molecular complexity index is 521. The van der Waals surface area contributed by atoms with E-state index in [0.717, 1.165) is 19.9 Å². The molecule has 0 saturated carbocycles. The lowest BCUT2D eigenvalue weighted by molar-refractivity contribution is 0.0996. The fourth-order valence-corrected chi connectivity index (χ4v) is 2.53. The van der Waals surface area contributed by atoms with Crippen LogP contribution in [0.3, 0.4) is 0 Å². The SMILES string of the molecule is Cc1ncc(C(=O)Cc2ccccc2Br)s1. The van der Waals surface area contributed by atoms with Gasteiger partial charge in [-0.1, -0.05) is 34.1 Å². The van der Waals surface area contributed by atoms with Crippen molar-refractivity contribution < 1.29 is 4.79 Å². The predicted octanol–water partition coefficient (Wildman–Crippen LogP) is 3.64. The fourth-order valence-electron chi connectivity index (χ4n) is 1.39. The maximum Gasteiger partial charge on any atom is 0.178 e. The smallest absolute Gasteiger partial charge is 0.178 e. The highest BCUT2D eigenvalue weighted by atomic mass is 79.9. The molecule has 0 N–H and O–H groups in total. The molecule has 1 aromatic carbocycles. The highest BCUT2D eigenvalue weighted by Gasteiger charge is 2.11. The molecule has 82 valence electrons. The van der Waals surface area contributed by atoms with E-state index >= 15 is 0 Å². The number of nitrogens with zero attached hydrogens (tertiary/aromatic N) is 1. The van der Waals surface area contributed by atoms with Gasteiger partial charge >= 0.3 is 0 Å². The van der Waals surface area contributed by atoms with Crippen molar-refractivity contribution >= 4 is 33.0 Å². The Morgan fingerprint density at radius 2 is 2.19 bits per heavy atom. The lowest BCUT2D eigenvalue weighted by atomic mass is 10.1. The molecule has 4 heteroatoms. The Morgan fingerprint density at radius 1 is 1.44 bits per heavy atom. The molecule has 2 rings (SSSR count). The Hall–Kier alpha value is -1.000. The maximum atomic E-state index is 11.9. The predicted molar refractivity (Wildman–Crippen MR) is 69.0 cm³/mol. The van der Waals surface area contributed by atoms with Crippen LogP contribution in [0.25, 0.3) is 0 Å². The minimum atomic E-state index is 0.123. The quantitative estimate of drug-likeness (QED) is 0.809. The third-order valence-electron chi connectivity index (χ3n) is 2.20. The van der Waals surface area contributed by atoms with Crippen molar-refractivity contribution in [3.63, 3.8) is 0 Å². The zero-order chi connectivity index (χ0) is 11.5. The fraction of sp³-hybridized carbons (Fsp3) is 0.167. The second-order valence-corrected chi connectivity index (χ2v) is 5.52. The van der Waals surface area contributed by atoms with Crippen molar-refractivity contribution in [3.8, 4) is 0 Å². The maximum absolute atomic E-state index is 11.9. The van der Waals surface area contributed by atoms with Crippen molar-refractivity contribution in [2.75, 3.05) is 0 Å². The number of halogens is 1. The third-order valence-corrected chi connectivity index (χ3v) is 3.93.